The summed E-state index contributed by atoms with van der Waals surface area (Å²) >= 11 is 0. The number of piperazine rings is 1. The van der Waals surface area contributed by atoms with Gasteiger partial charge in [0, 0.05) is 39.3 Å². The van der Waals surface area contributed by atoms with Gasteiger partial charge in [0.25, 0.3) is 0 Å². The highest BCUT2D eigenvalue weighted by Crippen LogP contribution is 2.20. The minimum absolute atomic E-state index is 0.0529. The van der Waals surface area contributed by atoms with E-state index in [9.17, 15) is 9.59 Å². The van der Waals surface area contributed by atoms with Crippen LogP contribution in [0.15, 0.2) is 0 Å². The van der Waals surface area contributed by atoms with Crippen LogP contribution in [0.5, 0.6) is 0 Å². The lowest BCUT2D eigenvalue weighted by Crippen LogP contribution is -2.53. The number of rotatable bonds is 6. The second kappa shape index (κ2) is 8.34. The Morgan fingerprint density at radius 1 is 1.19 bits per heavy atom. The van der Waals surface area contributed by atoms with Crippen molar-refractivity contribution in [2.45, 2.75) is 38.6 Å². The molecule has 2 fully saturated rings. The van der Waals surface area contributed by atoms with Crippen LogP contribution < -0.4 is 5.32 Å². The van der Waals surface area contributed by atoms with Crippen LogP contribution in [0.2, 0.25) is 0 Å². The third kappa shape index (κ3) is 4.41. The van der Waals surface area contributed by atoms with E-state index in [1.165, 1.54) is 0 Å². The number of nitrogens with zero attached hydrogens (tertiary/aromatic N) is 2. The Bertz CT molecular complexity index is 356. The molecular weight excluding hydrogens is 270 g/mol. The Balaban J connectivity index is 1.83. The molecule has 0 aromatic rings. The zero-order valence-electron chi connectivity index (χ0n) is 13.0. The molecule has 2 saturated heterocycles. The molecular formula is C15H27N3O3. The first-order valence-corrected chi connectivity index (χ1v) is 8.10. The van der Waals surface area contributed by atoms with Crippen LogP contribution in [0, 0.1) is 0 Å². The van der Waals surface area contributed by atoms with E-state index in [4.69, 9.17) is 4.74 Å². The average molecular weight is 297 g/mol. The van der Waals surface area contributed by atoms with Crippen molar-refractivity contribution in [2.75, 3.05) is 45.9 Å². The average Bonchev–Trinajstić information content (AvgIpc) is 3.01. The Hall–Kier alpha value is -1.14. The standard InChI is InChI=1S/C15H27N3O3/c1-2-11-21-12-5-14(19)18-8-3-4-13(18)15(20)17-9-6-16-7-10-17/h13,16H,2-12H2,1H3. The molecule has 0 spiro atoms. The molecule has 1 unspecified atom stereocenters. The maximum Gasteiger partial charge on any atom is 0.245 e. The highest BCUT2D eigenvalue weighted by Gasteiger charge is 2.36. The van der Waals surface area contributed by atoms with Gasteiger partial charge in [-0.25, -0.2) is 0 Å². The number of amides is 2. The molecule has 21 heavy (non-hydrogen) atoms. The molecule has 2 amide bonds. The summed E-state index contributed by atoms with van der Waals surface area (Å²) < 4.78 is 5.37. The molecule has 2 aliphatic rings. The van der Waals surface area contributed by atoms with E-state index in [1.54, 1.807) is 4.90 Å². The van der Waals surface area contributed by atoms with Crippen LogP contribution in [0.25, 0.3) is 0 Å². The van der Waals surface area contributed by atoms with Crippen molar-refractivity contribution in [1.82, 2.24) is 15.1 Å². The largest absolute Gasteiger partial charge is 0.381 e. The molecule has 2 aliphatic heterocycles. The van der Waals surface area contributed by atoms with E-state index in [1.807, 2.05) is 11.8 Å². The molecule has 0 aromatic heterocycles. The summed E-state index contributed by atoms with van der Waals surface area (Å²) in [4.78, 5) is 28.5. The maximum atomic E-state index is 12.6. The van der Waals surface area contributed by atoms with Crippen LogP contribution in [0.4, 0.5) is 0 Å². The molecule has 0 saturated carbocycles. The van der Waals surface area contributed by atoms with Gasteiger partial charge in [-0.05, 0) is 19.3 Å². The van der Waals surface area contributed by atoms with Gasteiger partial charge in [-0.3, -0.25) is 9.59 Å². The van der Waals surface area contributed by atoms with Gasteiger partial charge < -0.3 is 19.9 Å². The van der Waals surface area contributed by atoms with Gasteiger partial charge in [-0.15, -0.1) is 0 Å². The number of hydrogen-bond acceptors (Lipinski definition) is 4. The predicted molar refractivity (Wildman–Crippen MR) is 79.9 cm³/mol. The van der Waals surface area contributed by atoms with Crippen molar-refractivity contribution >= 4 is 11.8 Å². The van der Waals surface area contributed by atoms with Gasteiger partial charge in [0.05, 0.1) is 13.0 Å². The van der Waals surface area contributed by atoms with Gasteiger partial charge in [0.1, 0.15) is 6.04 Å². The number of ether oxygens (including phenoxy) is 1. The van der Waals surface area contributed by atoms with Crippen molar-refractivity contribution in [3.8, 4) is 0 Å². The summed E-state index contributed by atoms with van der Waals surface area (Å²) in [5, 5.41) is 3.24. The summed E-state index contributed by atoms with van der Waals surface area (Å²) in [7, 11) is 0. The Morgan fingerprint density at radius 3 is 2.67 bits per heavy atom. The van der Waals surface area contributed by atoms with E-state index >= 15 is 0 Å². The Labute approximate surface area is 126 Å². The molecule has 0 radical (unpaired) electrons. The zero-order chi connectivity index (χ0) is 15.1. The number of carbonyl (C=O) groups excluding carboxylic acids is 2. The third-order valence-corrected chi connectivity index (χ3v) is 4.10. The summed E-state index contributed by atoms with van der Waals surface area (Å²) in [6.45, 7) is 7.08. The summed E-state index contributed by atoms with van der Waals surface area (Å²) in [6.07, 6.45) is 3.06. The normalized spacial score (nSPS) is 22.6. The predicted octanol–water partition coefficient (Wildman–Crippen LogP) is 0.226. The van der Waals surface area contributed by atoms with E-state index in [-0.39, 0.29) is 17.9 Å². The maximum absolute atomic E-state index is 12.6. The lowest BCUT2D eigenvalue weighted by atomic mass is 10.1. The molecule has 0 aliphatic carbocycles. The highest BCUT2D eigenvalue weighted by atomic mass is 16.5. The van der Waals surface area contributed by atoms with E-state index in [2.05, 4.69) is 5.32 Å². The first-order valence-electron chi connectivity index (χ1n) is 8.10. The topological polar surface area (TPSA) is 61.9 Å². The number of nitrogens with one attached hydrogen (secondary N) is 1. The van der Waals surface area contributed by atoms with Crippen molar-refractivity contribution < 1.29 is 14.3 Å². The van der Waals surface area contributed by atoms with Crippen LogP contribution >= 0.6 is 0 Å². The van der Waals surface area contributed by atoms with Crippen LogP contribution in [-0.4, -0.2) is 73.6 Å². The smallest absolute Gasteiger partial charge is 0.245 e. The van der Waals surface area contributed by atoms with Crippen LogP contribution in [0.1, 0.15) is 32.6 Å². The fraction of sp³-hybridized carbons (Fsp3) is 0.867. The second-order valence-corrected chi connectivity index (χ2v) is 5.68. The minimum atomic E-state index is -0.248. The molecule has 6 heteroatoms. The fourth-order valence-corrected chi connectivity index (χ4v) is 2.97. The number of carbonyl (C=O) groups is 2. The van der Waals surface area contributed by atoms with Gasteiger partial charge in [-0.1, -0.05) is 6.92 Å². The SMILES string of the molecule is CCCOCCC(=O)N1CCCC1C(=O)N1CCNCC1. The quantitative estimate of drug-likeness (QED) is 0.713. The van der Waals surface area contributed by atoms with Gasteiger partial charge in [0.15, 0.2) is 0 Å². The van der Waals surface area contributed by atoms with Crippen molar-refractivity contribution in [1.29, 1.82) is 0 Å². The van der Waals surface area contributed by atoms with E-state index in [0.717, 1.165) is 45.4 Å². The zero-order valence-corrected chi connectivity index (χ0v) is 13.0. The number of hydrogen-bond donors (Lipinski definition) is 1. The van der Waals surface area contributed by atoms with E-state index < -0.39 is 0 Å². The highest BCUT2D eigenvalue weighted by molar-refractivity contribution is 5.88. The van der Waals surface area contributed by atoms with E-state index in [0.29, 0.717) is 26.2 Å². The molecule has 0 aromatic carbocycles. The monoisotopic (exact) mass is 297 g/mol. The molecule has 1 atom stereocenters. The van der Waals surface area contributed by atoms with Crippen LogP contribution in [0.3, 0.4) is 0 Å². The first-order chi connectivity index (χ1) is 10.2. The summed E-state index contributed by atoms with van der Waals surface area (Å²) in [6, 6.07) is -0.248. The summed E-state index contributed by atoms with van der Waals surface area (Å²) in [5.41, 5.74) is 0. The molecule has 6 nitrogen and oxygen atoms in total. The van der Waals surface area contributed by atoms with Crippen LogP contribution in [-0.2, 0) is 14.3 Å². The van der Waals surface area contributed by atoms with Crippen molar-refractivity contribution in [2.24, 2.45) is 0 Å². The van der Waals surface area contributed by atoms with Gasteiger partial charge >= 0.3 is 0 Å². The fourth-order valence-electron chi connectivity index (χ4n) is 2.97. The van der Waals surface area contributed by atoms with Crippen molar-refractivity contribution in [3.63, 3.8) is 0 Å². The number of likely N-dealkylation sites (tertiary alicyclic amines) is 1. The second-order valence-electron chi connectivity index (χ2n) is 5.68. The summed E-state index contributed by atoms with van der Waals surface area (Å²) in [5.74, 6) is 0.175. The minimum Gasteiger partial charge on any atom is -0.381 e. The Kier molecular flexibility index (Phi) is 6.45. The van der Waals surface area contributed by atoms with Gasteiger partial charge in [0.2, 0.25) is 11.8 Å². The lowest BCUT2D eigenvalue weighted by molar-refractivity contribution is -0.144. The first kappa shape index (κ1) is 16.2. The molecule has 2 rings (SSSR count). The molecule has 120 valence electrons. The Morgan fingerprint density at radius 2 is 1.95 bits per heavy atom. The lowest BCUT2D eigenvalue weighted by Gasteiger charge is -2.33. The third-order valence-electron chi connectivity index (χ3n) is 4.10. The molecule has 0 bridgehead atoms. The van der Waals surface area contributed by atoms with Gasteiger partial charge in [-0.2, -0.15) is 0 Å². The van der Waals surface area contributed by atoms with Crippen molar-refractivity contribution in [3.05, 3.63) is 0 Å². The molecule has 1 N–H and O–H groups in total. The molecule has 2 heterocycles.